The largest absolute Gasteiger partial charge is 0.465 e. The molecule has 2 aromatic rings. The van der Waals surface area contributed by atoms with Crippen LogP contribution in [0.2, 0.25) is 10.0 Å². The molecule has 2 aliphatic heterocycles. The lowest BCUT2D eigenvalue weighted by molar-refractivity contribution is -0.115. The average Bonchev–Trinajstić information content (AvgIpc) is 3.39. The fourth-order valence-electron chi connectivity index (χ4n) is 3.01. The molecule has 1 amide bonds. The second kappa shape index (κ2) is 8.10. The molecule has 8 nitrogen and oxygen atoms in total. The normalized spacial score (nSPS) is 15.1. The predicted molar refractivity (Wildman–Crippen MR) is 111 cm³/mol. The van der Waals surface area contributed by atoms with Gasteiger partial charge in [0.05, 0.1) is 30.1 Å². The van der Waals surface area contributed by atoms with Crippen LogP contribution in [-0.2, 0) is 9.53 Å². The van der Waals surface area contributed by atoms with Crippen LogP contribution in [0.5, 0.6) is 0 Å². The summed E-state index contributed by atoms with van der Waals surface area (Å²) >= 11 is 13.9. The first-order valence-electron chi connectivity index (χ1n) is 8.49. The number of amides is 1. The Morgan fingerprint density at radius 1 is 1.34 bits per heavy atom. The standard InChI is InChI=1S/C18H14Cl2N4O4S/c1-27-17(26)14-15(13-10(19)3-2-4-11(13)20)23-28-16(14)22-12(25)7-9-8-29-18-21-5-6-24(9)18/h2-4,8H,5-7H2,1H3,(H,22,25). The van der Waals surface area contributed by atoms with E-state index in [4.69, 9.17) is 32.5 Å². The number of ether oxygens (including phenoxy) is 1. The molecule has 0 saturated carbocycles. The number of carbonyl (C=O) groups is 2. The van der Waals surface area contributed by atoms with Gasteiger partial charge in [-0.25, -0.2) is 4.79 Å². The van der Waals surface area contributed by atoms with Gasteiger partial charge in [0.15, 0.2) is 10.7 Å². The van der Waals surface area contributed by atoms with Crippen molar-refractivity contribution in [2.24, 2.45) is 4.99 Å². The smallest absolute Gasteiger partial charge is 0.345 e. The van der Waals surface area contributed by atoms with E-state index in [1.165, 1.54) is 18.9 Å². The number of rotatable bonds is 5. The highest BCUT2D eigenvalue weighted by molar-refractivity contribution is 8.16. The van der Waals surface area contributed by atoms with Gasteiger partial charge in [0.25, 0.3) is 0 Å². The third-order valence-corrected chi connectivity index (χ3v) is 5.90. The van der Waals surface area contributed by atoms with Gasteiger partial charge < -0.3 is 14.2 Å². The molecule has 11 heteroatoms. The van der Waals surface area contributed by atoms with E-state index in [2.05, 4.69) is 15.5 Å². The predicted octanol–water partition coefficient (Wildman–Crippen LogP) is 4.02. The van der Waals surface area contributed by atoms with Crippen molar-refractivity contribution in [3.8, 4) is 11.3 Å². The van der Waals surface area contributed by atoms with Crippen LogP contribution in [0.1, 0.15) is 16.8 Å². The highest BCUT2D eigenvalue weighted by Gasteiger charge is 2.31. The summed E-state index contributed by atoms with van der Waals surface area (Å²) in [6.45, 7) is 1.45. The molecule has 0 spiro atoms. The topological polar surface area (TPSA) is 97.0 Å². The Balaban J connectivity index is 1.61. The van der Waals surface area contributed by atoms with E-state index in [0.29, 0.717) is 12.1 Å². The summed E-state index contributed by atoms with van der Waals surface area (Å²) in [6.07, 6.45) is 0.0928. The number of methoxy groups -OCH3 is 1. The van der Waals surface area contributed by atoms with Crippen molar-refractivity contribution in [2.45, 2.75) is 6.42 Å². The van der Waals surface area contributed by atoms with Gasteiger partial charge in [-0.1, -0.05) is 46.2 Å². The van der Waals surface area contributed by atoms with Crippen LogP contribution in [0.15, 0.2) is 38.8 Å². The highest BCUT2D eigenvalue weighted by Crippen LogP contribution is 2.39. The third kappa shape index (κ3) is 3.73. The average molecular weight is 453 g/mol. The number of benzene rings is 1. The fraction of sp³-hybridized carbons (Fsp3) is 0.222. The van der Waals surface area contributed by atoms with Crippen LogP contribution in [-0.4, -0.2) is 47.3 Å². The SMILES string of the molecule is COC(=O)c1c(-c2c(Cl)cccc2Cl)noc1NC(=O)CC1=CSC2=NCCN12. The summed E-state index contributed by atoms with van der Waals surface area (Å²) in [5, 5.41) is 9.83. The van der Waals surface area contributed by atoms with Crippen LogP contribution >= 0.6 is 35.0 Å². The number of nitrogens with one attached hydrogen (secondary N) is 1. The Bertz CT molecular complexity index is 1050. The molecule has 0 unspecified atom stereocenters. The summed E-state index contributed by atoms with van der Waals surface area (Å²) in [5.41, 5.74) is 1.17. The Morgan fingerprint density at radius 2 is 2.10 bits per heavy atom. The molecule has 0 saturated heterocycles. The lowest BCUT2D eigenvalue weighted by atomic mass is 10.1. The maximum absolute atomic E-state index is 12.6. The van der Waals surface area contributed by atoms with Gasteiger partial charge in [0.1, 0.15) is 5.69 Å². The Morgan fingerprint density at radius 3 is 2.83 bits per heavy atom. The van der Waals surface area contributed by atoms with E-state index in [-0.39, 0.29) is 39.5 Å². The first kappa shape index (κ1) is 19.8. The minimum absolute atomic E-state index is 0.0611. The zero-order valence-electron chi connectivity index (χ0n) is 15.1. The van der Waals surface area contributed by atoms with Gasteiger partial charge in [-0.3, -0.25) is 15.1 Å². The van der Waals surface area contributed by atoms with Gasteiger partial charge in [0.2, 0.25) is 11.8 Å². The van der Waals surface area contributed by atoms with Crippen LogP contribution in [0, 0.1) is 0 Å². The van der Waals surface area contributed by atoms with Gasteiger partial charge in [-0.15, -0.1) is 0 Å². The molecule has 150 valence electrons. The number of aliphatic imine (C=N–C) groups is 1. The molecule has 1 aromatic carbocycles. The zero-order valence-corrected chi connectivity index (χ0v) is 17.4. The van der Waals surface area contributed by atoms with Gasteiger partial charge in [0, 0.05) is 17.8 Å². The summed E-state index contributed by atoms with van der Waals surface area (Å²) in [5.74, 6) is -1.24. The fourth-order valence-corrected chi connectivity index (χ4v) is 4.54. The van der Waals surface area contributed by atoms with Crippen LogP contribution < -0.4 is 5.32 Å². The third-order valence-electron chi connectivity index (χ3n) is 4.32. The molecule has 0 aliphatic carbocycles. The summed E-state index contributed by atoms with van der Waals surface area (Å²) < 4.78 is 10.1. The molecule has 3 heterocycles. The first-order chi connectivity index (χ1) is 14.0. The molecule has 4 rings (SSSR count). The Labute approximate surface area is 179 Å². The number of hydrogen-bond donors (Lipinski definition) is 1. The van der Waals surface area contributed by atoms with E-state index in [9.17, 15) is 9.59 Å². The Hall–Kier alpha value is -2.49. The quantitative estimate of drug-likeness (QED) is 0.683. The van der Waals surface area contributed by atoms with Gasteiger partial charge in [-0.05, 0) is 17.5 Å². The van der Waals surface area contributed by atoms with E-state index < -0.39 is 5.97 Å². The molecule has 1 N–H and O–H groups in total. The number of aromatic nitrogens is 1. The number of esters is 1. The molecular weight excluding hydrogens is 439 g/mol. The molecule has 0 bridgehead atoms. The van der Waals surface area contributed by atoms with E-state index >= 15 is 0 Å². The number of anilines is 1. The molecule has 1 aromatic heterocycles. The number of amidine groups is 1. The van der Waals surface area contributed by atoms with Crippen molar-refractivity contribution in [1.82, 2.24) is 10.1 Å². The lowest BCUT2D eigenvalue weighted by Crippen LogP contribution is -2.24. The lowest BCUT2D eigenvalue weighted by Gasteiger charge is -2.15. The van der Waals surface area contributed by atoms with Gasteiger partial charge in [-0.2, -0.15) is 0 Å². The van der Waals surface area contributed by atoms with E-state index in [0.717, 1.165) is 17.4 Å². The number of nitrogens with zero attached hydrogens (tertiary/aromatic N) is 3. The van der Waals surface area contributed by atoms with Gasteiger partial charge >= 0.3 is 5.97 Å². The second-order valence-corrected chi connectivity index (χ2v) is 7.74. The second-order valence-electron chi connectivity index (χ2n) is 6.09. The van der Waals surface area contributed by atoms with E-state index in [1.54, 1.807) is 18.2 Å². The van der Waals surface area contributed by atoms with E-state index in [1.807, 2.05) is 10.3 Å². The minimum Gasteiger partial charge on any atom is -0.465 e. The maximum Gasteiger partial charge on any atom is 0.345 e. The van der Waals surface area contributed by atoms with Crippen molar-refractivity contribution in [3.05, 3.63) is 44.9 Å². The maximum atomic E-state index is 12.6. The number of halogens is 2. The van der Waals surface area contributed by atoms with Crippen LogP contribution in [0.3, 0.4) is 0 Å². The number of fused-ring (bicyclic) bond motifs is 1. The van der Waals surface area contributed by atoms with Crippen molar-refractivity contribution < 1.29 is 18.8 Å². The summed E-state index contributed by atoms with van der Waals surface area (Å²) in [4.78, 5) is 31.3. The van der Waals surface area contributed by atoms with Crippen LogP contribution in [0.4, 0.5) is 5.88 Å². The number of carbonyl (C=O) groups excluding carboxylic acids is 2. The highest BCUT2D eigenvalue weighted by atomic mass is 35.5. The van der Waals surface area contributed by atoms with Crippen LogP contribution in [0.25, 0.3) is 11.3 Å². The molecule has 29 heavy (non-hydrogen) atoms. The zero-order chi connectivity index (χ0) is 20.5. The van der Waals surface area contributed by atoms with Crippen molar-refractivity contribution >= 4 is 57.9 Å². The molecule has 0 fully saturated rings. The number of thioether (sulfide) groups is 1. The molecule has 0 radical (unpaired) electrons. The molecular formula is C18H14Cl2N4O4S. The number of hydrogen-bond acceptors (Lipinski definition) is 8. The molecule has 2 aliphatic rings. The molecule has 0 atom stereocenters. The summed E-state index contributed by atoms with van der Waals surface area (Å²) in [6, 6.07) is 4.88. The van der Waals surface area contributed by atoms with Crippen molar-refractivity contribution in [2.75, 3.05) is 25.5 Å². The van der Waals surface area contributed by atoms with Crippen molar-refractivity contribution in [1.29, 1.82) is 0 Å². The minimum atomic E-state index is -0.739. The monoisotopic (exact) mass is 452 g/mol. The van der Waals surface area contributed by atoms with Crippen molar-refractivity contribution in [3.63, 3.8) is 0 Å². The summed E-state index contributed by atoms with van der Waals surface area (Å²) in [7, 11) is 1.22. The first-order valence-corrected chi connectivity index (χ1v) is 10.1. The Kier molecular flexibility index (Phi) is 5.53.